The molecule has 1 unspecified atom stereocenters. The van der Waals surface area contributed by atoms with Crippen LogP contribution < -0.4 is 0 Å². The summed E-state index contributed by atoms with van der Waals surface area (Å²) in [7, 11) is 0. The van der Waals surface area contributed by atoms with Gasteiger partial charge < -0.3 is 10.0 Å². The number of halogens is 2. The van der Waals surface area contributed by atoms with Gasteiger partial charge >= 0.3 is 0 Å². The Balaban J connectivity index is 2.16. The van der Waals surface area contributed by atoms with E-state index in [0.717, 1.165) is 12.8 Å². The van der Waals surface area contributed by atoms with Gasteiger partial charge in [-0.05, 0) is 36.8 Å². The molecule has 2 aromatic rings. The minimum absolute atomic E-state index is 0.00759. The first-order valence-electron chi connectivity index (χ1n) is 8.60. The fraction of sp³-hybridized carbons (Fsp3) is 0.250. The molecule has 1 aromatic heterocycles. The number of unbranched alkanes of at least 4 members (excludes halogenated alkanes) is 1. The molecule has 27 heavy (non-hydrogen) atoms. The van der Waals surface area contributed by atoms with Gasteiger partial charge in [-0.3, -0.25) is 14.6 Å². The predicted octanol–water partition coefficient (Wildman–Crippen LogP) is 4.61. The number of ketones is 1. The normalized spacial score (nSPS) is 18.9. The highest BCUT2D eigenvalue weighted by Gasteiger charge is 2.46. The van der Waals surface area contributed by atoms with Crippen LogP contribution in [0.15, 0.2) is 48.2 Å². The number of benzene rings is 1. The van der Waals surface area contributed by atoms with Crippen LogP contribution in [-0.2, 0) is 9.59 Å². The van der Waals surface area contributed by atoms with Crippen LogP contribution in [0.3, 0.4) is 0 Å². The number of aliphatic hydroxyl groups excluding tert-OH is 1. The lowest BCUT2D eigenvalue weighted by Crippen LogP contribution is -2.31. The SMILES string of the molecule is CCCCN1C(=O)C(=O)/C(=C(\O)c2ccc(Cl)c(Cl)c2)C1c1ccccn1. The largest absolute Gasteiger partial charge is 0.507 e. The van der Waals surface area contributed by atoms with E-state index in [9.17, 15) is 14.7 Å². The molecular formula is C20H18Cl2N2O3. The number of rotatable bonds is 5. The molecule has 1 aromatic carbocycles. The van der Waals surface area contributed by atoms with E-state index in [0.29, 0.717) is 22.8 Å². The van der Waals surface area contributed by atoms with Crippen LogP contribution in [0.5, 0.6) is 0 Å². The molecule has 0 bridgehead atoms. The number of nitrogens with zero attached hydrogens (tertiary/aromatic N) is 2. The van der Waals surface area contributed by atoms with E-state index in [4.69, 9.17) is 23.2 Å². The first kappa shape index (κ1) is 19.4. The van der Waals surface area contributed by atoms with E-state index in [1.165, 1.54) is 17.0 Å². The second kappa shape index (κ2) is 8.11. The maximum atomic E-state index is 12.7. The molecule has 7 heteroatoms. The van der Waals surface area contributed by atoms with Crippen molar-refractivity contribution in [2.24, 2.45) is 0 Å². The molecule has 0 aliphatic carbocycles. The molecule has 1 fully saturated rings. The quantitative estimate of drug-likeness (QED) is 0.448. The van der Waals surface area contributed by atoms with Gasteiger partial charge in [0.15, 0.2) is 0 Å². The topological polar surface area (TPSA) is 70.5 Å². The van der Waals surface area contributed by atoms with Crippen LogP contribution in [0, 0.1) is 0 Å². The van der Waals surface area contributed by atoms with Crippen molar-refractivity contribution in [1.82, 2.24) is 9.88 Å². The van der Waals surface area contributed by atoms with Gasteiger partial charge in [0.1, 0.15) is 11.8 Å². The Hall–Kier alpha value is -2.37. The number of aromatic nitrogens is 1. The lowest BCUT2D eigenvalue weighted by atomic mass is 9.98. The molecule has 1 atom stereocenters. The number of hydrogen-bond donors (Lipinski definition) is 1. The second-order valence-corrected chi connectivity index (χ2v) is 7.04. The van der Waals surface area contributed by atoms with Gasteiger partial charge in [-0.15, -0.1) is 0 Å². The van der Waals surface area contributed by atoms with Gasteiger partial charge in [0.25, 0.3) is 11.7 Å². The van der Waals surface area contributed by atoms with E-state index >= 15 is 0 Å². The lowest BCUT2D eigenvalue weighted by Gasteiger charge is -2.24. The summed E-state index contributed by atoms with van der Waals surface area (Å²) < 4.78 is 0. The average Bonchev–Trinajstić information content (AvgIpc) is 2.93. The molecule has 1 aliphatic heterocycles. The van der Waals surface area contributed by atoms with Crippen molar-refractivity contribution in [3.8, 4) is 0 Å². The molecular weight excluding hydrogens is 387 g/mol. The van der Waals surface area contributed by atoms with E-state index in [2.05, 4.69) is 4.98 Å². The van der Waals surface area contributed by atoms with Crippen molar-refractivity contribution in [1.29, 1.82) is 0 Å². The second-order valence-electron chi connectivity index (χ2n) is 6.23. The van der Waals surface area contributed by atoms with Crippen molar-refractivity contribution >= 4 is 40.7 Å². The highest BCUT2D eigenvalue weighted by atomic mass is 35.5. The van der Waals surface area contributed by atoms with Crippen molar-refractivity contribution in [2.75, 3.05) is 6.54 Å². The summed E-state index contributed by atoms with van der Waals surface area (Å²) in [6.07, 6.45) is 3.20. The van der Waals surface area contributed by atoms with Crippen molar-refractivity contribution in [3.63, 3.8) is 0 Å². The highest BCUT2D eigenvalue weighted by molar-refractivity contribution is 6.46. The van der Waals surface area contributed by atoms with Crippen molar-refractivity contribution in [2.45, 2.75) is 25.8 Å². The number of likely N-dealkylation sites (tertiary alicyclic amines) is 1. The molecule has 2 heterocycles. The minimum atomic E-state index is -0.743. The Morgan fingerprint density at radius 2 is 1.96 bits per heavy atom. The molecule has 1 N–H and O–H groups in total. The summed E-state index contributed by atoms with van der Waals surface area (Å²) in [5.74, 6) is -1.66. The third-order valence-corrected chi connectivity index (χ3v) is 5.19. The van der Waals surface area contributed by atoms with Crippen LogP contribution in [0.2, 0.25) is 10.0 Å². The molecule has 5 nitrogen and oxygen atoms in total. The molecule has 1 aliphatic rings. The first-order chi connectivity index (χ1) is 13.0. The number of amides is 1. The Kier molecular flexibility index (Phi) is 5.82. The van der Waals surface area contributed by atoms with E-state index in [1.807, 2.05) is 6.92 Å². The van der Waals surface area contributed by atoms with E-state index < -0.39 is 17.7 Å². The molecule has 3 rings (SSSR count). The molecule has 1 amide bonds. The Labute approximate surface area is 167 Å². The number of hydrogen-bond acceptors (Lipinski definition) is 4. The van der Waals surface area contributed by atoms with Gasteiger partial charge in [-0.1, -0.05) is 42.6 Å². The fourth-order valence-corrected chi connectivity index (χ4v) is 3.38. The summed E-state index contributed by atoms with van der Waals surface area (Å²) in [4.78, 5) is 31.1. The van der Waals surface area contributed by atoms with Crippen LogP contribution in [0.1, 0.15) is 37.1 Å². The number of pyridine rings is 1. The number of Topliss-reactive ketones (excluding diaryl/α,β-unsaturated/α-hetero) is 1. The summed E-state index contributed by atoms with van der Waals surface area (Å²) >= 11 is 12.0. The van der Waals surface area contributed by atoms with Crippen LogP contribution in [0.25, 0.3) is 5.76 Å². The fourth-order valence-electron chi connectivity index (χ4n) is 3.08. The van der Waals surface area contributed by atoms with E-state index in [1.54, 1.807) is 30.5 Å². The maximum Gasteiger partial charge on any atom is 0.295 e. The standard InChI is InChI=1S/C20H18Cl2N2O3/c1-2-3-10-24-17(15-6-4-5-9-23-15)16(19(26)20(24)27)18(25)12-7-8-13(21)14(22)11-12/h4-9,11,17,25H,2-3,10H2,1H3/b18-16-. The van der Waals surface area contributed by atoms with Gasteiger partial charge in [0, 0.05) is 18.3 Å². The number of aliphatic hydroxyl groups is 1. The van der Waals surface area contributed by atoms with E-state index in [-0.39, 0.29) is 16.4 Å². The summed E-state index contributed by atoms with van der Waals surface area (Å²) in [6.45, 7) is 2.41. The van der Waals surface area contributed by atoms with Crippen molar-refractivity contribution < 1.29 is 14.7 Å². The minimum Gasteiger partial charge on any atom is -0.507 e. The van der Waals surface area contributed by atoms with Gasteiger partial charge in [-0.2, -0.15) is 0 Å². The first-order valence-corrected chi connectivity index (χ1v) is 9.36. The smallest absolute Gasteiger partial charge is 0.295 e. The summed E-state index contributed by atoms with van der Waals surface area (Å²) in [5.41, 5.74) is 0.849. The average molecular weight is 405 g/mol. The molecule has 1 saturated heterocycles. The Bertz CT molecular complexity index is 913. The third kappa shape index (κ3) is 3.70. The predicted molar refractivity (Wildman–Crippen MR) is 105 cm³/mol. The van der Waals surface area contributed by atoms with Gasteiger partial charge in [0.2, 0.25) is 0 Å². The van der Waals surface area contributed by atoms with Crippen LogP contribution in [0.4, 0.5) is 0 Å². The maximum absolute atomic E-state index is 12.7. The molecule has 0 saturated carbocycles. The number of carbonyl (C=O) groups excluding carboxylic acids is 2. The van der Waals surface area contributed by atoms with Gasteiger partial charge in [0.05, 0.1) is 21.3 Å². The summed E-state index contributed by atoms with van der Waals surface area (Å²) in [6, 6.07) is 9.07. The monoisotopic (exact) mass is 404 g/mol. The molecule has 140 valence electrons. The Morgan fingerprint density at radius 1 is 1.19 bits per heavy atom. The zero-order valence-electron chi connectivity index (χ0n) is 14.7. The third-order valence-electron chi connectivity index (χ3n) is 4.45. The van der Waals surface area contributed by atoms with Gasteiger partial charge in [-0.25, -0.2) is 0 Å². The molecule has 0 radical (unpaired) electrons. The zero-order valence-corrected chi connectivity index (χ0v) is 16.2. The van der Waals surface area contributed by atoms with Crippen LogP contribution in [-0.4, -0.2) is 33.2 Å². The Morgan fingerprint density at radius 3 is 2.59 bits per heavy atom. The van der Waals surface area contributed by atoms with Crippen LogP contribution >= 0.6 is 23.2 Å². The number of carbonyl (C=O) groups is 2. The molecule has 0 spiro atoms. The summed E-state index contributed by atoms with van der Waals surface area (Å²) in [5, 5.41) is 11.4. The lowest BCUT2D eigenvalue weighted by molar-refractivity contribution is -0.140. The van der Waals surface area contributed by atoms with Crippen molar-refractivity contribution in [3.05, 3.63) is 69.5 Å². The highest BCUT2D eigenvalue weighted by Crippen LogP contribution is 2.39. The zero-order chi connectivity index (χ0) is 19.6.